The Balaban J connectivity index is 1.58. The molecule has 2 heterocycles. The quantitative estimate of drug-likeness (QED) is 0.746. The molecule has 0 spiro atoms. The Morgan fingerprint density at radius 3 is 2.81 bits per heavy atom. The van der Waals surface area contributed by atoms with Crippen molar-refractivity contribution in [3.05, 3.63) is 59.9 Å². The molecule has 0 aliphatic carbocycles. The van der Waals surface area contributed by atoms with Gasteiger partial charge in [0, 0.05) is 19.3 Å². The van der Waals surface area contributed by atoms with Gasteiger partial charge in [-0.2, -0.15) is 0 Å². The summed E-state index contributed by atoms with van der Waals surface area (Å²) in [6.45, 7) is 4.28. The lowest BCUT2D eigenvalue weighted by Crippen LogP contribution is -2.53. The summed E-state index contributed by atoms with van der Waals surface area (Å²) in [6, 6.07) is 13.8. The van der Waals surface area contributed by atoms with E-state index in [1.165, 1.54) is 0 Å². The third-order valence-electron chi connectivity index (χ3n) is 5.09. The minimum absolute atomic E-state index is 0.00985. The number of aliphatic hydroxyl groups excluding tert-OH is 1. The highest BCUT2D eigenvalue weighted by Gasteiger charge is 2.42. The summed E-state index contributed by atoms with van der Waals surface area (Å²) in [4.78, 5) is 19.0. The van der Waals surface area contributed by atoms with Crippen LogP contribution in [0.2, 0.25) is 0 Å². The van der Waals surface area contributed by atoms with E-state index in [1.54, 1.807) is 6.20 Å². The normalized spacial score (nSPS) is 19.8. The van der Waals surface area contributed by atoms with Gasteiger partial charge in [0.1, 0.15) is 12.4 Å². The Kier molecular flexibility index (Phi) is 6.42. The average molecular weight is 369 g/mol. The molecule has 144 valence electrons. The van der Waals surface area contributed by atoms with E-state index in [-0.39, 0.29) is 12.5 Å². The third kappa shape index (κ3) is 4.84. The highest BCUT2D eigenvalue weighted by Crippen LogP contribution is 2.31. The fourth-order valence-electron chi connectivity index (χ4n) is 3.44. The zero-order valence-electron chi connectivity index (χ0n) is 15.7. The van der Waals surface area contributed by atoms with Gasteiger partial charge in [-0.1, -0.05) is 18.2 Å². The first-order valence-corrected chi connectivity index (χ1v) is 9.38. The molecule has 1 atom stereocenters. The number of carbonyl (C=O) groups is 1. The van der Waals surface area contributed by atoms with Crippen LogP contribution in [0.5, 0.6) is 5.75 Å². The number of nitrogens with zero attached hydrogens (tertiary/aromatic N) is 2. The molecule has 0 saturated carbocycles. The Hall–Kier alpha value is -2.44. The lowest BCUT2D eigenvalue weighted by Gasteiger charge is -2.34. The summed E-state index contributed by atoms with van der Waals surface area (Å²) < 4.78 is 5.78. The summed E-state index contributed by atoms with van der Waals surface area (Å²) in [7, 11) is 0. The maximum absolute atomic E-state index is 12.5. The number of aromatic nitrogens is 1. The molecule has 1 amide bonds. The van der Waals surface area contributed by atoms with Gasteiger partial charge in [0.15, 0.2) is 0 Å². The number of amides is 1. The van der Waals surface area contributed by atoms with Crippen LogP contribution in [-0.4, -0.2) is 46.1 Å². The number of carbonyl (C=O) groups excluding carboxylic acids is 1. The monoisotopic (exact) mass is 369 g/mol. The lowest BCUT2D eigenvalue weighted by molar-refractivity contribution is -0.131. The van der Waals surface area contributed by atoms with Crippen LogP contribution in [0, 0.1) is 0 Å². The lowest BCUT2D eigenvalue weighted by atomic mass is 9.97. The van der Waals surface area contributed by atoms with Crippen molar-refractivity contribution < 1.29 is 14.6 Å². The van der Waals surface area contributed by atoms with Crippen molar-refractivity contribution in [3.8, 4) is 5.75 Å². The standard InChI is InChI=1S/C21H27N3O3/c1-21(20(26)23-12-14-25)10-4-13-24(21)15-17-6-8-19(9-7-17)27-16-18-5-2-3-11-22-18/h2-3,5-9,11,25H,4,10,12-16H2,1H3,(H,23,26)/t21-/m0/s1. The second-order valence-electron chi connectivity index (χ2n) is 7.03. The molecule has 27 heavy (non-hydrogen) atoms. The first kappa shape index (κ1) is 19.3. The smallest absolute Gasteiger partial charge is 0.240 e. The van der Waals surface area contributed by atoms with Crippen molar-refractivity contribution in [2.24, 2.45) is 0 Å². The maximum atomic E-state index is 12.5. The van der Waals surface area contributed by atoms with Crippen LogP contribution in [0.25, 0.3) is 0 Å². The van der Waals surface area contributed by atoms with Crippen LogP contribution in [-0.2, 0) is 17.9 Å². The Morgan fingerprint density at radius 1 is 1.30 bits per heavy atom. The molecular formula is C21H27N3O3. The van der Waals surface area contributed by atoms with Gasteiger partial charge in [-0.25, -0.2) is 0 Å². The predicted molar refractivity (Wildman–Crippen MR) is 103 cm³/mol. The van der Waals surface area contributed by atoms with Gasteiger partial charge < -0.3 is 15.2 Å². The molecule has 0 radical (unpaired) electrons. The Morgan fingerprint density at radius 2 is 2.11 bits per heavy atom. The van der Waals surface area contributed by atoms with E-state index < -0.39 is 5.54 Å². The van der Waals surface area contributed by atoms with Crippen LogP contribution in [0.1, 0.15) is 31.0 Å². The molecule has 6 heteroatoms. The number of hydrogen-bond acceptors (Lipinski definition) is 5. The predicted octanol–water partition coefficient (Wildman–Crippen LogP) is 2.12. The fraction of sp³-hybridized carbons (Fsp3) is 0.429. The first-order valence-electron chi connectivity index (χ1n) is 9.38. The van der Waals surface area contributed by atoms with E-state index in [9.17, 15) is 4.79 Å². The summed E-state index contributed by atoms with van der Waals surface area (Å²) in [5, 5.41) is 11.8. The number of ether oxygens (including phenoxy) is 1. The summed E-state index contributed by atoms with van der Waals surface area (Å²) >= 11 is 0. The highest BCUT2D eigenvalue weighted by atomic mass is 16.5. The van der Waals surface area contributed by atoms with Crippen molar-refractivity contribution in [2.75, 3.05) is 19.7 Å². The van der Waals surface area contributed by atoms with E-state index in [1.807, 2.05) is 49.4 Å². The zero-order valence-corrected chi connectivity index (χ0v) is 15.7. The number of nitrogens with one attached hydrogen (secondary N) is 1. The third-order valence-corrected chi connectivity index (χ3v) is 5.09. The van der Waals surface area contributed by atoms with Crippen molar-refractivity contribution in [3.63, 3.8) is 0 Å². The summed E-state index contributed by atoms with van der Waals surface area (Å²) in [6.07, 6.45) is 3.58. The molecule has 1 aliphatic rings. The van der Waals surface area contributed by atoms with Gasteiger partial charge in [-0.3, -0.25) is 14.7 Å². The van der Waals surface area contributed by atoms with E-state index >= 15 is 0 Å². The van der Waals surface area contributed by atoms with Crippen LogP contribution in [0.15, 0.2) is 48.7 Å². The molecule has 1 aliphatic heterocycles. The molecule has 0 bridgehead atoms. The molecule has 6 nitrogen and oxygen atoms in total. The molecule has 2 N–H and O–H groups in total. The first-order chi connectivity index (χ1) is 13.1. The van der Waals surface area contributed by atoms with Gasteiger partial charge >= 0.3 is 0 Å². The number of benzene rings is 1. The van der Waals surface area contributed by atoms with Crippen LogP contribution < -0.4 is 10.1 Å². The van der Waals surface area contributed by atoms with E-state index in [0.29, 0.717) is 19.7 Å². The van der Waals surface area contributed by atoms with E-state index in [4.69, 9.17) is 9.84 Å². The van der Waals surface area contributed by atoms with E-state index in [0.717, 1.165) is 36.4 Å². The number of pyridine rings is 1. The molecule has 1 aromatic heterocycles. The Bertz CT molecular complexity index is 736. The molecule has 2 aromatic rings. The average Bonchev–Trinajstić information content (AvgIpc) is 3.08. The summed E-state index contributed by atoms with van der Waals surface area (Å²) in [5.41, 5.74) is 1.51. The molecule has 3 rings (SSSR count). The molecular weight excluding hydrogens is 342 g/mol. The minimum atomic E-state index is -0.524. The van der Waals surface area contributed by atoms with Crippen LogP contribution in [0.4, 0.5) is 0 Å². The maximum Gasteiger partial charge on any atom is 0.240 e. The van der Waals surface area contributed by atoms with Gasteiger partial charge in [0.2, 0.25) is 5.91 Å². The van der Waals surface area contributed by atoms with Crippen molar-refractivity contribution in [1.29, 1.82) is 0 Å². The van der Waals surface area contributed by atoms with Gasteiger partial charge in [0.05, 0.1) is 17.8 Å². The van der Waals surface area contributed by atoms with Crippen molar-refractivity contribution >= 4 is 5.91 Å². The van der Waals surface area contributed by atoms with Crippen molar-refractivity contribution in [1.82, 2.24) is 15.2 Å². The van der Waals surface area contributed by atoms with Gasteiger partial charge in [-0.15, -0.1) is 0 Å². The summed E-state index contributed by atoms with van der Waals surface area (Å²) in [5.74, 6) is 0.790. The second kappa shape index (κ2) is 8.97. The number of hydrogen-bond donors (Lipinski definition) is 2. The number of likely N-dealkylation sites (tertiary alicyclic amines) is 1. The highest BCUT2D eigenvalue weighted by molar-refractivity contribution is 5.86. The van der Waals surface area contributed by atoms with Crippen molar-refractivity contribution in [2.45, 2.75) is 38.5 Å². The second-order valence-corrected chi connectivity index (χ2v) is 7.03. The van der Waals surface area contributed by atoms with Gasteiger partial charge in [0.25, 0.3) is 0 Å². The fourth-order valence-corrected chi connectivity index (χ4v) is 3.44. The molecule has 1 aromatic carbocycles. The molecule has 1 fully saturated rings. The SMILES string of the molecule is C[C@@]1(C(=O)NCCO)CCCN1Cc1ccc(OCc2ccccn2)cc1. The Labute approximate surface area is 160 Å². The number of aliphatic hydroxyl groups is 1. The zero-order chi connectivity index (χ0) is 19.1. The minimum Gasteiger partial charge on any atom is -0.487 e. The number of rotatable bonds is 8. The van der Waals surface area contributed by atoms with Crippen LogP contribution in [0.3, 0.4) is 0 Å². The molecule has 0 unspecified atom stereocenters. The molecule has 1 saturated heterocycles. The largest absolute Gasteiger partial charge is 0.487 e. The van der Waals surface area contributed by atoms with Gasteiger partial charge in [-0.05, 0) is 56.1 Å². The van der Waals surface area contributed by atoms with E-state index in [2.05, 4.69) is 15.2 Å². The topological polar surface area (TPSA) is 74.7 Å². The van der Waals surface area contributed by atoms with Crippen LogP contribution >= 0.6 is 0 Å².